The van der Waals surface area contributed by atoms with Crippen LogP contribution >= 0.6 is 0 Å². The maximum atomic E-state index is 13.4. The quantitative estimate of drug-likeness (QED) is 0.356. The van der Waals surface area contributed by atoms with Crippen molar-refractivity contribution in [1.29, 1.82) is 0 Å². The molecule has 0 fully saturated rings. The second-order valence-corrected chi connectivity index (χ2v) is 9.21. The van der Waals surface area contributed by atoms with Crippen LogP contribution in [0.2, 0.25) is 0 Å². The van der Waals surface area contributed by atoms with E-state index >= 15 is 0 Å². The summed E-state index contributed by atoms with van der Waals surface area (Å²) >= 11 is 0. The maximum Gasteiger partial charge on any atom is 0.404 e. The van der Waals surface area contributed by atoms with Crippen molar-refractivity contribution in [2.24, 2.45) is 0 Å². The third kappa shape index (κ3) is 6.70. The SMILES string of the molecule is COc1ccc(S(=O)(=O)N(C[C@H](O)[C@H](Cc2ccccc2)NC(=O)O)Oc2ccccc2)cc1. The average Bonchev–Trinajstić information content (AvgIpc) is 2.84. The van der Waals surface area contributed by atoms with Gasteiger partial charge in [0.1, 0.15) is 11.5 Å². The molecule has 0 unspecified atom stereocenters. The summed E-state index contributed by atoms with van der Waals surface area (Å²) < 4.78 is 32.5. The monoisotopic (exact) mass is 486 g/mol. The lowest BCUT2D eigenvalue weighted by molar-refractivity contribution is -0.0138. The number of hydrogen-bond acceptors (Lipinski definition) is 6. The lowest BCUT2D eigenvalue weighted by Gasteiger charge is -2.28. The predicted molar refractivity (Wildman–Crippen MR) is 125 cm³/mol. The molecule has 3 N–H and O–H groups in total. The van der Waals surface area contributed by atoms with Crippen molar-refractivity contribution in [1.82, 2.24) is 9.79 Å². The first kappa shape index (κ1) is 25.0. The Morgan fingerprint density at radius 1 is 0.941 bits per heavy atom. The molecule has 0 radical (unpaired) electrons. The third-order valence-electron chi connectivity index (χ3n) is 4.98. The number of hydroxylamine groups is 1. The van der Waals surface area contributed by atoms with Crippen LogP contribution in [0.25, 0.3) is 0 Å². The summed E-state index contributed by atoms with van der Waals surface area (Å²) in [6, 6.07) is 21.9. The number of rotatable bonds is 11. The largest absolute Gasteiger partial charge is 0.497 e. The van der Waals surface area contributed by atoms with Gasteiger partial charge in [-0.2, -0.15) is 0 Å². The summed E-state index contributed by atoms with van der Waals surface area (Å²) in [7, 11) is -2.77. The number of para-hydroxylation sites is 1. The number of aliphatic hydroxyl groups is 1. The molecule has 2 atom stereocenters. The predicted octanol–water partition coefficient (Wildman–Crippen LogP) is 2.92. The Kier molecular flexibility index (Phi) is 8.47. The van der Waals surface area contributed by atoms with E-state index in [4.69, 9.17) is 9.57 Å². The molecule has 9 nitrogen and oxygen atoms in total. The van der Waals surface area contributed by atoms with Gasteiger partial charge in [-0.15, -0.1) is 0 Å². The molecule has 0 spiro atoms. The van der Waals surface area contributed by atoms with E-state index in [1.54, 1.807) is 54.6 Å². The van der Waals surface area contributed by atoms with Gasteiger partial charge in [0, 0.05) is 0 Å². The Morgan fingerprint density at radius 3 is 2.09 bits per heavy atom. The summed E-state index contributed by atoms with van der Waals surface area (Å²) in [6.07, 6.45) is -2.61. The number of nitrogens with zero attached hydrogens (tertiary/aromatic N) is 1. The zero-order valence-corrected chi connectivity index (χ0v) is 19.3. The first-order valence-electron chi connectivity index (χ1n) is 10.4. The van der Waals surface area contributed by atoms with E-state index < -0.39 is 34.8 Å². The summed E-state index contributed by atoms with van der Waals surface area (Å²) in [5.41, 5.74) is 0.772. The van der Waals surface area contributed by atoms with Crippen LogP contribution in [-0.4, -0.2) is 55.0 Å². The first-order chi connectivity index (χ1) is 16.3. The molecule has 0 aliphatic carbocycles. The minimum Gasteiger partial charge on any atom is -0.497 e. The molecule has 10 heteroatoms. The van der Waals surface area contributed by atoms with Crippen LogP contribution in [-0.2, 0) is 16.4 Å². The highest BCUT2D eigenvalue weighted by Crippen LogP contribution is 2.23. The standard InChI is InChI=1S/C24H26N2O7S/c1-32-19-12-14-21(15-13-19)34(30,31)26(33-20-10-6-3-7-11-20)17-23(27)22(25-24(28)29)16-18-8-4-2-5-9-18/h2-15,22-23,25,27H,16-17H2,1H3,(H,28,29)/t22-,23-/m0/s1. The molecule has 0 saturated carbocycles. The normalized spacial score (nSPS) is 13.1. The van der Waals surface area contributed by atoms with Gasteiger partial charge in [-0.1, -0.05) is 48.5 Å². The molecule has 3 aromatic carbocycles. The van der Waals surface area contributed by atoms with E-state index in [-0.39, 0.29) is 17.1 Å². The van der Waals surface area contributed by atoms with Gasteiger partial charge in [-0.3, -0.25) is 0 Å². The van der Waals surface area contributed by atoms with Crippen molar-refractivity contribution in [3.63, 3.8) is 0 Å². The highest BCUT2D eigenvalue weighted by Gasteiger charge is 2.33. The molecule has 0 bridgehead atoms. The van der Waals surface area contributed by atoms with E-state index in [1.165, 1.54) is 31.4 Å². The van der Waals surface area contributed by atoms with Crippen molar-refractivity contribution in [3.8, 4) is 11.5 Å². The zero-order valence-electron chi connectivity index (χ0n) is 18.4. The smallest absolute Gasteiger partial charge is 0.404 e. The van der Waals surface area contributed by atoms with Crippen LogP contribution in [0.5, 0.6) is 11.5 Å². The van der Waals surface area contributed by atoms with Crippen LogP contribution in [0.15, 0.2) is 89.8 Å². The maximum absolute atomic E-state index is 13.4. The zero-order chi connectivity index (χ0) is 24.6. The van der Waals surface area contributed by atoms with Gasteiger partial charge in [0.05, 0.1) is 30.7 Å². The average molecular weight is 487 g/mol. The van der Waals surface area contributed by atoms with Crippen molar-refractivity contribution in [2.45, 2.75) is 23.5 Å². The molecule has 0 saturated heterocycles. The second kappa shape index (κ2) is 11.5. The molecule has 3 rings (SSSR count). The molecule has 0 aliphatic rings. The fourth-order valence-corrected chi connectivity index (χ4v) is 4.49. The number of sulfonamides is 1. The van der Waals surface area contributed by atoms with Crippen molar-refractivity contribution < 1.29 is 33.0 Å². The molecule has 0 aromatic heterocycles. The third-order valence-corrected chi connectivity index (χ3v) is 6.61. The van der Waals surface area contributed by atoms with Crippen molar-refractivity contribution in [3.05, 3.63) is 90.5 Å². The minimum atomic E-state index is -4.23. The topological polar surface area (TPSA) is 125 Å². The van der Waals surface area contributed by atoms with Crippen LogP contribution in [0, 0.1) is 0 Å². The number of amides is 1. The first-order valence-corrected chi connectivity index (χ1v) is 11.8. The lowest BCUT2D eigenvalue weighted by atomic mass is 10.0. The van der Waals surface area contributed by atoms with Crippen molar-refractivity contribution >= 4 is 16.1 Å². The number of carboxylic acid groups (broad SMARTS) is 1. The van der Waals surface area contributed by atoms with E-state index in [9.17, 15) is 23.4 Å². The van der Waals surface area contributed by atoms with Crippen LogP contribution < -0.4 is 14.9 Å². The van der Waals surface area contributed by atoms with Crippen LogP contribution in [0.3, 0.4) is 0 Å². The van der Waals surface area contributed by atoms with E-state index in [0.717, 1.165) is 5.56 Å². The number of aliphatic hydroxyl groups excluding tert-OH is 1. The number of ether oxygens (including phenoxy) is 1. The Hall–Kier alpha value is -3.60. The van der Waals surface area contributed by atoms with Gasteiger partial charge >= 0.3 is 6.09 Å². The number of benzene rings is 3. The fraction of sp³-hybridized carbons (Fsp3) is 0.208. The van der Waals surface area contributed by atoms with E-state index in [0.29, 0.717) is 10.2 Å². The molecule has 3 aromatic rings. The lowest BCUT2D eigenvalue weighted by Crippen LogP contribution is -2.51. The van der Waals surface area contributed by atoms with E-state index in [2.05, 4.69) is 5.32 Å². The van der Waals surface area contributed by atoms with Gasteiger partial charge in [0.2, 0.25) is 0 Å². The summed E-state index contributed by atoms with van der Waals surface area (Å²) in [5, 5.41) is 22.5. The molecule has 1 amide bonds. The van der Waals surface area contributed by atoms with Gasteiger partial charge in [-0.25, -0.2) is 13.2 Å². The minimum absolute atomic E-state index is 0.0813. The molecule has 0 aliphatic heterocycles. The van der Waals surface area contributed by atoms with Gasteiger partial charge in [0.15, 0.2) is 0 Å². The summed E-state index contributed by atoms with van der Waals surface area (Å²) in [4.78, 5) is 16.9. The fourth-order valence-electron chi connectivity index (χ4n) is 3.24. The number of nitrogens with one attached hydrogen (secondary N) is 1. The summed E-state index contributed by atoms with van der Waals surface area (Å²) in [6.45, 7) is -0.527. The van der Waals surface area contributed by atoms with Gasteiger partial charge in [-0.05, 0) is 52.9 Å². The Morgan fingerprint density at radius 2 is 1.53 bits per heavy atom. The van der Waals surface area contributed by atoms with Gasteiger partial charge < -0.3 is 25.1 Å². The number of methoxy groups -OCH3 is 1. The van der Waals surface area contributed by atoms with Crippen LogP contribution in [0.1, 0.15) is 5.56 Å². The molecular formula is C24H26N2O7S. The van der Waals surface area contributed by atoms with Crippen LogP contribution in [0.4, 0.5) is 4.79 Å². The molecular weight excluding hydrogens is 460 g/mol. The Labute approximate surface area is 198 Å². The molecule has 180 valence electrons. The van der Waals surface area contributed by atoms with Gasteiger partial charge in [0.25, 0.3) is 10.0 Å². The van der Waals surface area contributed by atoms with Crippen molar-refractivity contribution in [2.75, 3.05) is 13.7 Å². The Balaban J connectivity index is 1.90. The summed E-state index contributed by atoms with van der Waals surface area (Å²) in [5.74, 6) is 0.709. The molecule has 34 heavy (non-hydrogen) atoms. The number of hydrogen-bond donors (Lipinski definition) is 3. The van der Waals surface area contributed by atoms with E-state index in [1.807, 2.05) is 6.07 Å². The Bertz CT molecular complexity index is 1160. The number of carbonyl (C=O) groups is 1. The highest BCUT2D eigenvalue weighted by molar-refractivity contribution is 7.89. The molecule has 0 heterocycles. The highest BCUT2D eigenvalue weighted by atomic mass is 32.2. The second-order valence-electron chi connectivity index (χ2n) is 7.38.